The van der Waals surface area contributed by atoms with Crippen LogP contribution in [0.3, 0.4) is 0 Å². The second kappa shape index (κ2) is 4.93. The van der Waals surface area contributed by atoms with Gasteiger partial charge in [-0.1, -0.05) is 11.6 Å². The summed E-state index contributed by atoms with van der Waals surface area (Å²) in [6.45, 7) is 0. The Kier molecular flexibility index (Phi) is 3.48. The summed E-state index contributed by atoms with van der Waals surface area (Å²) in [6.07, 6.45) is 0. The highest BCUT2D eigenvalue weighted by molar-refractivity contribution is 6.36. The number of nitrogens with zero attached hydrogens (tertiary/aromatic N) is 2. The number of benzene rings is 1. The Bertz CT molecular complexity index is 656. The van der Waals surface area contributed by atoms with Crippen molar-refractivity contribution in [3.8, 4) is 11.5 Å². The third kappa shape index (κ3) is 2.29. The molecule has 2 aromatic rings. The smallest absolute Gasteiger partial charge is 0.272 e. The van der Waals surface area contributed by atoms with Gasteiger partial charge in [0.05, 0.1) is 12.6 Å². The third-order valence-corrected chi connectivity index (χ3v) is 3.07. The highest BCUT2D eigenvalue weighted by Crippen LogP contribution is 2.35. The summed E-state index contributed by atoms with van der Waals surface area (Å²) in [7, 11) is 4.71. The number of hydrogen-bond acceptors (Lipinski definition) is 4. The maximum Gasteiger partial charge on any atom is 0.272 e. The highest BCUT2D eigenvalue weighted by Gasteiger charge is 2.16. The van der Waals surface area contributed by atoms with E-state index in [4.69, 9.17) is 16.3 Å². The molecule has 0 aliphatic heterocycles. The zero-order chi connectivity index (χ0) is 14.2. The van der Waals surface area contributed by atoms with Crippen molar-refractivity contribution in [3.05, 3.63) is 28.9 Å². The molecule has 0 fully saturated rings. The number of ether oxygens (including phenoxy) is 1. The Hall–Kier alpha value is -2.01. The molecule has 1 amide bonds. The third-order valence-electron chi connectivity index (χ3n) is 2.71. The molecule has 1 heterocycles. The number of methoxy groups -OCH3 is 1. The van der Waals surface area contributed by atoms with Gasteiger partial charge in [-0.25, -0.2) is 4.98 Å². The molecule has 0 aliphatic rings. The van der Waals surface area contributed by atoms with Gasteiger partial charge in [-0.3, -0.25) is 4.79 Å². The van der Waals surface area contributed by atoms with Crippen molar-refractivity contribution in [1.82, 2.24) is 9.88 Å². The molecule has 0 bridgehead atoms. The normalized spacial score (nSPS) is 10.5. The van der Waals surface area contributed by atoms with E-state index in [1.54, 1.807) is 26.2 Å². The van der Waals surface area contributed by atoms with Crippen LogP contribution >= 0.6 is 11.6 Å². The van der Waals surface area contributed by atoms with E-state index in [1.807, 2.05) is 0 Å². The fourth-order valence-electron chi connectivity index (χ4n) is 1.72. The first-order valence-electron chi connectivity index (χ1n) is 5.53. The highest BCUT2D eigenvalue weighted by atomic mass is 35.5. The molecule has 1 aromatic heterocycles. The van der Waals surface area contributed by atoms with Gasteiger partial charge in [0, 0.05) is 25.5 Å². The van der Waals surface area contributed by atoms with E-state index in [9.17, 15) is 9.90 Å². The van der Waals surface area contributed by atoms with Crippen molar-refractivity contribution in [1.29, 1.82) is 0 Å². The summed E-state index contributed by atoms with van der Waals surface area (Å²) in [6, 6.07) is 4.61. The first-order valence-corrected chi connectivity index (χ1v) is 5.91. The lowest BCUT2D eigenvalue weighted by atomic mass is 10.1. The molecular weight excluding hydrogens is 268 g/mol. The standard InChI is InChI=1S/C13H13ClN2O3/c1-16(2)13(18)8-6-9(17)7-4-5-10(19-3)11(14)12(7)15-8/h4-6H,1-3H3,(H,15,17). The van der Waals surface area contributed by atoms with Gasteiger partial charge < -0.3 is 14.7 Å². The van der Waals surface area contributed by atoms with E-state index >= 15 is 0 Å². The minimum atomic E-state index is -0.309. The number of amides is 1. The van der Waals surface area contributed by atoms with Gasteiger partial charge in [0.2, 0.25) is 0 Å². The SMILES string of the molecule is COc1ccc2c(O)cc(C(=O)N(C)C)nc2c1Cl. The average molecular weight is 281 g/mol. The first kappa shape index (κ1) is 13.4. The molecule has 0 atom stereocenters. The van der Waals surface area contributed by atoms with Crippen LogP contribution in [0.25, 0.3) is 10.9 Å². The van der Waals surface area contributed by atoms with E-state index in [0.717, 1.165) is 0 Å². The Labute approximate surface area is 115 Å². The van der Waals surface area contributed by atoms with Crippen LogP contribution in [-0.2, 0) is 0 Å². The van der Waals surface area contributed by atoms with Crippen molar-refractivity contribution in [2.24, 2.45) is 0 Å². The average Bonchev–Trinajstić information content (AvgIpc) is 2.38. The van der Waals surface area contributed by atoms with Crippen LogP contribution in [0.1, 0.15) is 10.5 Å². The number of aromatic nitrogens is 1. The molecule has 2 rings (SSSR count). The van der Waals surface area contributed by atoms with E-state index in [1.165, 1.54) is 18.1 Å². The monoisotopic (exact) mass is 280 g/mol. The molecule has 19 heavy (non-hydrogen) atoms. The van der Waals surface area contributed by atoms with Gasteiger partial charge >= 0.3 is 0 Å². The predicted molar refractivity (Wildman–Crippen MR) is 73.0 cm³/mol. The molecule has 6 heteroatoms. The zero-order valence-electron chi connectivity index (χ0n) is 10.8. The van der Waals surface area contributed by atoms with Crippen molar-refractivity contribution >= 4 is 28.4 Å². The summed E-state index contributed by atoms with van der Waals surface area (Å²) >= 11 is 6.15. The quantitative estimate of drug-likeness (QED) is 0.917. The number of fused-ring (bicyclic) bond motifs is 1. The molecule has 0 saturated heterocycles. The van der Waals surface area contributed by atoms with Crippen LogP contribution in [0, 0.1) is 0 Å². The lowest BCUT2D eigenvalue weighted by molar-refractivity contribution is 0.0822. The predicted octanol–water partition coefficient (Wildman–Crippen LogP) is 2.30. The molecule has 0 unspecified atom stereocenters. The van der Waals surface area contributed by atoms with E-state index in [2.05, 4.69) is 4.98 Å². The maximum absolute atomic E-state index is 11.9. The molecule has 100 valence electrons. The number of aromatic hydroxyl groups is 1. The summed E-state index contributed by atoms with van der Waals surface area (Å²) in [4.78, 5) is 17.5. The van der Waals surface area contributed by atoms with Crippen LogP contribution in [0.4, 0.5) is 0 Å². The molecular formula is C13H13ClN2O3. The first-order chi connectivity index (χ1) is 8.95. The number of carbonyl (C=O) groups is 1. The minimum Gasteiger partial charge on any atom is -0.507 e. The summed E-state index contributed by atoms with van der Waals surface area (Å²) in [5, 5.41) is 10.7. The van der Waals surface area contributed by atoms with Gasteiger partial charge in [-0.15, -0.1) is 0 Å². The van der Waals surface area contributed by atoms with Crippen LogP contribution in [0.2, 0.25) is 5.02 Å². The van der Waals surface area contributed by atoms with Crippen LogP contribution < -0.4 is 4.74 Å². The Morgan fingerprint density at radius 1 is 1.42 bits per heavy atom. The summed E-state index contributed by atoms with van der Waals surface area (Å²) < 4.78 is 5.09. The van der Waals surface area contributed by atoms with E-state index in [0.29, 0.717) is 16.7 Å². The fourth-order valence-corrected chi connectivity index (χ4v) is 2.00. The fraction of sp³-hybridized carbons (Fsp3) is 0.231. The van der Waals surface area contributed by atoms with E-state index < -0.39 is 0 Å². The summed E-state index contributed by atoms with van der Waals surface area (Å²) in [5.74, 6) is 0.0892. The number of pyridine rings is 1. The van der Waals surface area contributed by atoms with E-state index in [-0.39, 0.29) is 22.4 Å². The van der Waals surface area contributed by atoms with Crippen molar-refractivity contribution in [2.45, 2.75) is 0 Å². The van der Waals surface area contributed by atoms with Crippen LogP contribution in [-0.4, -0.2) is 42.1 Å². The Morgan fingerprint density at radius 3 is 2.68 bits per heavy atom. The maximum atomic E-state index is 11.9. The van der Waals surface area contributed by atoms with Crippen LogP contribution in [0.5, 0.6) is 11.5 Å². The molecule has 0 aliphatic carbocycles. The zero-order valence-corrected chi connectivity index (χ0v) is 11.5. The lowest BCUT2D eigenvalue weighted by Gasteiger charge is -2.12. The number of halogens is 1. The molecule has 1 N–H and O–H groups in total. The van der Waals surface area contributed by atoms with Crippen molar-refractivity contribution in [2.75, 3.05) is 21.2 Å². The van der Waals surface area contributed by atoms with Gasteiger partial charge in [0.15, 0.2) is 0 Å². The Morgan fingerprint density at radius 2 is 2.11 bits per heavy atom. The van der Waals surface area contributed by atoms with Gasteiger partial charge in [-0.05, 0) is 12.1 Å². The van der Waals surface area contributed by atoms with Crippen LogP contribution in [0.15, 0.2) is 18.2 Å². The van der Waals surface area contributed by atoms with Crippen molar-refractivity contribution < 1.29 is 14.6 Å². The molecule has 1 aromatic carbocycles. The second-order valence-electron chi connectivity index (χ2n) is 4.20. The molecule has 0 spiro atoms. The molecule has 5 nitrogen and oxygen atoms in total. The van der Waals surface area contributed by atoms with Gasteiger partial charge in [-0.2, -0.15) is 0 Å². The molecule has 0 saturated carbocycles. The largest absolute Gasteiger partial charge is 0.507 e. The summed E-state index contributed by atoms with van der Waals surface area (Å²) in [5.41, 5.74) is 0.469. The number of carbonyl (C=O) groups excluding carboxylic acids is 1. The van der Waals surface area contributed by atoms with Gasteiger partial charge in [0.1, 0.15) is 22.2 Å². The number of hydrogen-bond donors (Lipinski definition) is 1. The molecule has 0 radical (unpaired) electrons. The number of rotatable bonds is 2. The Balaban J connectivity index is 2.73. The topological polar surface area (TPSA) is 62.7 Å². The second-order valence-corrected chi connectivity index (χ2v) is 4.58. The minimum absolute atomic E-state index is 0.0419. The van der Waals surface area contributed by atoms with Gasteiger partial charge in [0.25, 0.3) is 5.91 Å². The van der Waals surface area contributed by atoms with Crippen molar-refractivity contribution in [3.63, 3.8) is 0 Å². The lowest BCUT2D eigenvalue weighted by Crippen LogP contribution is -2.22.